The molecule has 10 heteroatoms. The summed E-state index contributed by atoms with van der Waals surface area (Å²) in [6.07, 6.45) is 0. The van der Waals surface area contributed by atoms with Gasteiger partial charge in [-0.05, 0) is 43.3 Å². The maximum atomic E-state index is 13.0. The highest BCUT2D eigenvalue weighted by atomic mass is 32.2. The van der Waals surface area contributed by atoms with Gasteiger partial charge in [-0.3, -0.25) is 0 Å². The molecule has 1 aliphatic rings. The van der Waals surface area contributed by atoms with Crippen LogP contribution in [0.2, 0.25) is 0 Å². The molecule has 174 valence electrons. The second-order valence-electron chi connectivity index (χ2n) is 7.75. The van der Waals surface area contributed by atoms with E-state index in [4.69, 9.17) is 4.74 Å². The lowest BCUT2D eigenvalue weighted by Crippen LogP contribution is -2.49. The van der Waals surface area contributed by atoms with Crippen LogP contribution < -0.4 is 20.3 Å². The zero-order valence-corrected chi connectivity index (χ0v) is 19.8. The number of hydrogen-bond donors (Lipinski definition) is 2. The number of benzene rings is 2. The summed E-state index contributed by atoms with van der Waals surface area (Å²) in [6.45, 7) is 3.73. The van der Waals surface area contributed by atoms with Gasteiger partial charge in [0.15, 0.2) is 0 Å². The van der Waals surface area contributed by atoms with Crippen molar-refractivity contribution in [3.8, 4) is 5.75 Å². The third-order valence-electron chi connectivity index (χ3n) is 5.51. The molecule has 33 heavy (non-hydrogen) atoms. The minimum atomic E-state index is -3.57. The van der Waals surface area contributed by atoms with Crippen molar-refractivity contribution in [1.29, 1.82) is 0 Å². The van der Waals surface area contributed by atoms with Gasteiger partial charge in [0.2, 0.25) is 16.0 Å². The highest BCUT2D eigenvalue weighted by Crippen LogP contribution is 2.24. The summed E-state index contributed by atoms with van der Waals surface area (Å²) in [7, 11) is -0.214. The van der Waals surface area contributed by atoms with Crippen LogP contribution in [0.3, 0.4) is 0 Å². The standard InChI is InChI=1S/C23H28N6O3S/c1-17-4-6-18(7-5-17)25-22-16-21(24-2)26-23(27-22)28-12-14-29(15-13-28)33(30,31)20-10-8-19(32-3)9-11-20/h4-11,16H,12-15H2,1-3H3,(H2,24,25,26,27). The number of rotatable bonds is 7. The van der Waals surface area contributed by atoms with Crippen molar-refractivity contribution in [2.45, 2.75) is 11.8 Å². The molecule has 4 rings (SSSR count). The predicted octanol–water partition coefficient (Wildman–Crippen LogP) is 3.09. The second kappa shape index (κ2) is 9.63. The number of aryl methyl sites for hydroxylation is 1. The van der Waals surface area contributed by atoms with E-state index in [0.29, 0.717) is 49.5 Å². The van der Waals surface area contributed by atoms with Crippen LogP contribution in [0, 0.1) is 6.92 Å². The Morgan fingerprint density at radius 2 is 1.55 bits per heavy atom. The Hall–Kier alpha value is -3.37. The highest BCUT2D eigenvalue weighted by molar-refractivity contribution is 7.89. The fraction of sp³-hybridized carbons (Fsp3) is 0.304. The van der Waals surface area contributed by atoms with Crippen LogP contribution in [0.25, 0.3) is 0 Å². The van der Waals surface area contributed by atoms with E-state index < -0.39 is 10.0 Å². The monoisotopic (exact) mass is 468 g/mol. The molecule has 1 saturated heterocycles. The largest absolute Gasteiger partial charge is 0.497 e. The van der Waals surface area contributed by atoms with Crippen LogP contribution in [0.1, 0.15) is 5.56 Å². The van der Waals surface area contributed by atoms with Gasteiger partial charge in [0, 0.05) is 45.0 Å². The molecule has 2 aromatic carbocycles. The van der Waals surface area contributed by atoms with Crippen LogP contribution in [-0.2, 0) is 10.0 Å². The first kappa shape index (κ1) is 22.8. The van der Waals surface area contributed by atoms with E-state index in [1.54, 1.807) is 38.4 Å². The number of methoxy groups -OCH3 is 1. The molecule has 0 atom stereocenters. The Morgan fingerprint density at radius 1 is 0.909 bits per heavy atom. The fourth-order valence-corrected chi connectivity index (χ4v) is 5.00. The average Bonchev–Trinajstić information content (AvgIpc) is 2.85. The summed E-state index contributed by atoms with van der Waals surface area (Å²) in [5, 5.41) is 6.39. The molecule has 0 amide bonds. The Bertz CT molecular complexity index is 1190. The molecule has 9 nitrogen and oxygen atoms in total. The smallest absolute Gasteiger partial charge is 0.243 e. The molecule has 1 aromatic heterocycles. The zero-order chi connectivity index (χ0) is 23.4. The summed E-state index contributed by atoms with van der Waals surface area (Å²) < 4.78 is 32.7. The minimum absolute atomic E-state index is 0.259. The van der Waals surface area contributed by atoms with Gasteiger partial charge in [0.25, 0.3) is 0 Å². The van der Waals surface area contributed by atoms with Gasteiger partial charge in [-0.2, -0.15) is 14.3 Å². The first-order valence-electron chi connectivity index (χ1n) is 10.7. The van der Waals surface area contributed by atoms with Crippen molar-refractivity contribution >= 4 is 33.3 Å². The number of nitrogens with zero attached hydrogens (tertiary/aromatic N) is 4. The molecule has 1 aliphatic heterocycles. The van der Waals surface area contributed by atoms with E-state index in [2.05, 4.69) is 20.6 Å². The molecule has 0 bridgehead atoms. The summed E-state index contributed by atoms with van der Waals surface area (Å²) in [5.74, 6) is 2.53. The number of ether oxygens (including phenoxy) is 1. The maximum absolute atomic E-state index is 13.0. The second-order valence-corrected chi connectivity index (χ2v) is 9.68. The van der Waals surface area contributed by atoms with Crippen LogP contribution in [0.4, 0.5) is 23.3 Å². The number of aromatic nitrogens is 2. The van der Waals surface area contributed by atoms with E-state index >= 15 is 0 Å². The van der Waals surface area contributed by atoms with Crippen molar-refractivity contribution in [3.63, 3.8) is 0 Å². The Kier molecular flexibility index (Phi) is 6.66. The maximum Gasteiger partial charge on any atom is 0.243 e. The molecule has 0 radical (unpaired) electrons. The van der Waals surface area contributed by atoms with Gasteiger partial charge in [-0.15, -0.1) is 0 Å². The van der Waals surface area contributed by atoms with Crippen LogP contribution >= 0.6 is 0 Å². The first-order chi connectivity index (χ1) is 15.9. The minimum Gasteiger partial charge on any atom is -0.497 e. The molecule has 0 aliphatic carbocycles. The van der Waals surface area contributed by atoms with Crippen molar-refractivity contribution in [1.82, 2.24) is 14.3 Å². The molecule has 0 spiro atoms. The quantitative estimate of drug-likeness (QED) is 0.546. The van der Waals surface area contributed by atoms with Gasteiger partial charge >= 0.3 is 0 Å². The molecule has 2 N–H and O–H groups in total. The summed E-state index contributed by atoms with van der Waals surface area (Å²) in [5.41, 5.74) is 2.12. The lowest BCUT2D eigenvalue weighted by Gasteiger charge is -2.34. The third kappa shape index (κ3) is 5.18. The van der Waals surface area contributed by atoms with Gasteiger partial charge in [0.05, 0.1) is 12.0 Å². The zero-order valence-electron chi connectivity index (χ0n) is 18.9. The lowest BCUT2D eigenvalue weighted by molar-refractivity contribution is 0.382. The Labute approximate surface area is 194 Å². The van der Waals surface area contributed by atoms with Crippen LogP contribution in [0.15, 0.2) is 59.5 Å². The molecular formula is C23H28N6O3S. The molecule has 3 aromatic rings. The normalized spacial score (nSPS) is 14.7. The summed E-state index contributed by atoms with van der Waals surface area (Å²) in [6, 6.07) is 16.4. The molecule has 0 unspecified atom stereocenters. The van der Waals surface area contributed by atoms with E-state index in [1.807, 2.05) is 42.2 Å². The molecule has 0 saturated carbocycles. The van der Waals surface area contributed by atoms with Crippen LogP contribution in [-0.4, -0.2) is 63.0 Å². The van der Waals surface area contributed by atoms with Gasteiger partial charge in [0.1, 0.15) is 17.4 Å². The van der Waals surface area contributed by atoms with Crippen molar-refractivity contribution < 1.29 is 13.2 Å². The SMILES string of the molecule is CNc1cc(Nc2ccc(C)cc2)nc(N2CCN(S(=O)(=O)c3ccc(OC)cc3)CC2)n1. The van der Waals surface area contributed by atoms with E-state index in [-0.39, 0.29) is 4.90 Å². The third-order valence-corrected chi connectivity index (χ3v) is 7.43. The lowest BCUT2D eigenvalue weighted by atomic mass is 10.2. The number of sulfonamides is 1. The Balaban J connectivity index is 1.48. The number of nitrogens with one attached hydrogen (secondary N) is 2. The van der Waals surface area contributed by atoms with Gasteiger partial charge in [-0.25, -0.2) is 8.42 Å². The summed E-state index contributed by atoms with van der Waals surface area (Å²) >= 11 is 0. The van der Waals surface area contributed by atoms with E-state index in [9.17, 15) is 8.42 Å². The fourth-order valence-electron chi connectivity index (χ4n) is 3.58. The van der Waals surface area contributed by atoms with Gasteiger partial charge < -0.3 is 20.3 Å². The van der Waals surface area contributed by atoms with Crippen LogP contribution in [0.5, 0.6) is 5.75 Å². The van der Waals surface area contributed by atoms with Crippen molar-refractivity contribution in [2.75, 3.05) is 55.9 Å². The highest BCUT2D eigenvalue weighted by Gasteiger charge is 2.29. The number of piperazine rings is 1. The predicted molar refractivity (Wildman–Crippen MR) is 130 cm³/mol. The topological polar surface area (TPSA) is 99.7 Å². The van der Waals surface area contributed by atoms with Crippen molar-refractivity contribution in [3.05, 3.63) is 60.2 Å². The number of hydrogen-bond acceptors (Lipinski definition) is 8. The molecule has 1 fully saturated rings. The van der Waals surface area contributed by atoms with E-state index in [1.165, 1.54) is 9.87 Å². The summed E-state index contributed by atoms with van der Waals surface area (Å²) in [4.78, 5) is 11.5. The van der Waals surface area contributed by atoms with E-state index in [0.717, 1.165) is 5.69 Å². The molecule has 2 heterocycles. The average molecular weight is 469 g/mol. The number of anilines is 4. The Morgan fingerprint density at radius 3 is 2.15 bits per heavy atom. The van der Waals surface area contributed by atoms with Gasteiger partial charge in [-0.1, -0.05) is 17.7 Å². The first-order valence-corrected chi connectivity index (χ1v) is 12.1. The van der Waals surface area contributed by atoms with Crippen molar-refractivity contribution in [2.24, 2.45) is 0 Å². The molecular weight excluding hydrogens is 440 g/mol.